The lowest BCUT2D eigenvalue weighted by Crippen LogP contribution is -2.45. The maximum atomic E-state index is 12.5. The molecule has 5 heteroatoms. The van der Waals surface area contributed by atoms with Gasteiger partial charge in [0.15, 0.2) is 0 Å². The standard InChI is InChI=1S/C15H24N2O3/c1-15(2,11-5-7-12(16)8-6-11)14(19)17(3)9-13(18)10-20-4/h5-8,13,18H,9-10,16H2,1-4H3. The Labute approximate surface area is 120 Å². The number of carbonyl (C=O) groups excluding carboxylic acids is 1. The summed E-state index contributed by atoms with van der Waals surface area (Å²) in [6.07, 6.45) is -0.684. The number of hydrogen-bond acceptors (Lipinski definition) is 4. The molecule has 1 atom stereocenters. The maximum absolute atomic E-state index is 12.5. The van der Waals surface area contributed by atoms with E-state index in [1.54, 1.807) is 19.2 Å². The summed E-state index contributed by atoms with van der Waals surface area (Å²) in [6.45, 7) is 4.17. The third-order valence-corrected chi connectivity index (χ3v) is 3.36. The van der Waals surface area contributed by atoms with Crippen LogP contribution in [0.1, 0.15) is 19.4 Å². The lowest BCUT2D eigenvalue weighted by molar-refractivity contribution is -0.136. The topological polar surface area (TPSA) is 75.8 Å². The van der Waals surface area contributed by atoms with Crippen LogP contribution in [0.3, 0.4) is 0 Å². The van der Waals surface area contributed by atoms with E-state index in [9.17, 15) is 9.90 Å². The number of anilines is 1. The van der Waals surface area contributed by atoms with Gasteiger partial charge >= 0.3 is 0 Å². The zero-order chi connectivity index (χ0) is 15.3. The molecule has 1 aromatic carbocycles. The first kappa shape index (κ1) is 16.5. The van der Waals surface area contributed by atoms with Crippen LogP contribution in [0.5, 0.6) is 0 Å². The van der Waals surface area contributed by atoms with Crippen molar-refractivity contribution in [3.8, 4) is 0 Å². The highest BCUT2D eigenvalue weighted by Gasteiger charge is 2.32. The normalized spacial score (nSPS) is 13.1. The first-order valence-electron chi connectivity index (χ1n) is 6.57. The summed E-state index contributed by atoms with van der Waals surface area (Å²) in [5.41, 5.74) is 6.55. The molecule has 20 heavy (non-hydrogen) atoms. The summed E-state index contributed by atoms with van der Waals surface area (Å²) < 4.78 is 4.87. The molecule has 0 bridgehead atoms. The average molecular weight is 280 g/mol. The molecule has 0 aliphatic carbocycles. The molecule has 5 nitrogen and oxygen atoms in total. The van der Waals surface area contributed by atoms with Crippen molar-refractivity contribution in [1.82, 2.24) is 4.90 Å². The number of aliphatic hydroxyl groups is 1. The molecule has 1 unspecified atom stereocenters. The largest absolute Gasteiger partial charge is 0.399 e. The quantitative estimate of drug-likeness (QED) is 0.763. The van der Waals surface area contributed by atoms with Crippen molar-refractivity contribution >= 4 is 11.6 Å². The first-order valence-corrected chi connectivity index (χ1v) is 6.57. The summed E-state index contributed by atoms with van der Waals surface area (Å²) in [4.78, 5) is 14.1. The predicted octanol–water partition coefficient (Wildman–Crippen LogP) is 1.01. The number of rotatable bonds is 6. The average Bonchev–Trinajstić information content (AvgIpc) is 2.38. The van der Waals surface area contributed by atoms with Crippen molar-refractivity contribution in [1.29, 1.82) is 0 Å². The number of amides is 1. The van der Waals surface area contributed by atoms with Gasteiger partial charge in [-0.05, 0) is 31.5 Å². The van der Waals surface area contributed by atoms with E-state index in [1.807, 2.05) is 26.0 Å². The highest BCUT2D eigenvalue weighted by molar-refractivity contribution is 5.87. The SMILES string of the molecule is COCC(O)CN(C)C(=O)C(C)(C)c1ccc(N)cc1. The minimum atomic E-state index is -0.684. The lowest BCUT2D eigenvalue weighted by Gasteiger charge is -2.31. The van der Waals surface area contributed by atoms with E-state index in [1.165, 1.54) is 12.0 Å². The van der Waals surface area contributed by atoms with Gasteiger partial charge in [0, 0.05) is 26.4 Å². The second kappa shape index (κ2) is 6.72. The molecule has 0 radical (unpaired) electrons. The van der Waals surface area contributed by atoms with Crippen LogP contribution in [0.2, 0.25) is 0 Å². The molecule has 0 aliphatic rings. The number of nitrogens with two attached hydrogens (primary N) is 1. The second-order valence-corrected chi connectivity index (χ2v) is 5.54. The lowest BCUT2D eigenvalue weighted by atomic mass is 9.83. The zero-order valence-electron chi connectivity index (χ0n) is 12.6. The Morgan fingerprint density at radius 3 is 2.45 bits per heavy atom. The van der Waals surface area contributed by atoms with Gasteiger partial charge in [0.1, 0.15) is 0 Å². The molecule has 1 rings (SSSR count). The highest BCUT2D eigenvalue weighted by atomic mass is 16.5. The zero-order valence-corrected chi connectivity index (χ0v) is 12.6. The Hall–Kier alpha value is -1.59. The Balaban J connectivity index is 2.80. The van der Waals surface area contributed by atoms with Crippen LogP contribution in [0.4, 0.5) is 5.69 Å². The van der Waals surface area contributed by atoms with E-state index in [4.69, 9.17) is 10.5 Å². The van der Waals surface area contributed by atoms with Crippen LogP contribution in [0.25, 0.3) is 0 Å². The number of benzene rings is 1. The number of aliphatic hydroxyl groups excluding tert-OH is 1. The molecule has 0 saturated carbocycles. The van der Waals surface area contributed by atoms with Crippen LogP contribution in [0, 0.1) is 0 Å². The number of nitrogens with zero attached hydrogens (tertiary/aromatic N) is 1. The Morgan fingerprint density at radius 1 is 1.40 bits per heavy atom. The molecular weight excluding hydrogens is 256 g/mol. The molecule has 1 aromatic rings. The molecule has 0 spiro atoms. The van der Waals surface area contributed by atoms with Gasteiger partial charge in [-0.3, -0.25) is 4.79 Å². The third-order valence-electron chi connectivity index (χ3n) is 3.36. The molecule has 0 fully saturated rings. The number of nitrogen functional groups attached to an aromatic ring is 1. The third kappa shape index (κ3) is 3.95. The van der Waals surface area contributed by atoms with Crippen LogP contribution in [0.15, 0.2) is 24.3 Å². The van der Waals surface area contributed by atoms with E-state index >= 15 is 0 Å². The van der Waals surface area contributed by atoms with Crippen LogP contribution >= 0.6 is 0 Å². The van der Waals surface area contributed by atoms with E-state index in [-0.39, 0.29) is 19.1 Å². The fourth-order valence-electron chi connectivity index (χ4n) is 2.14. The van der Waals surface area contributed by atoms with Crippen LogP contribution in [-0.2, 0) is 14.9 Å². The van der Waals surface area contributed by atoms with Crippen molar-refractivity contribution < 1.29 is 14.6 Å². The number of hydrogen-bond donors (Lipinski definition) is 2. The highest BCUT2D eigenvalue weighted by Crippen LogP contribution is 2.26. The van der Waals surface area contributed by atoms with Gasteiger partial charge in [0.05, 0.1) is 18.1 Å². The Bertz CT molecular complexity index is 443. The molecular formula is C15H24N2O3. The van der Waals surface area contributed by atoms with E-state index < -0.39 is 11.5 Å². The second-order valence-electron chi connectivity index (χ2n) is 5.54. The smallest absolute Gasteiger partial charge is 0.232 e. The fourth-order valence-corrected chi connectivity index (χ4v) is 2.14. The monoisotopic (exact) mass is 280 g/mol. The minimum absolute atomic E-state index is 0.0579. The van der Waals surface area contributed by atoms with Crippen molar-refractivity contribution in [3.05, 3.63) is 29.8 Å². The number of likely N-dealkylation sites (N-methyl/N-ethyl adjacent to an activating group) is 1. The van der Waals surface area contributed by atoms with E-state index in [2.05, 4.69) is 0 Å². The summed E-state index contributed by atoms with van der Waals surface area (Å²) >= 11 is 0. The van der Waals surface area contributed by atoms with Gasteiger partial charge < -0.3 is 20.5 Å². The predicted molar refractivity (Wildman–Crippen MR) is 79.4 cm³/mol. The summed E-state index contributed by atoms with van der Waals surface area (Å²) in [5.74, 6) is -0.0579. The van der Waals surface area contributed by atoms with Crippen molar-refractivity contribution in [3.63, 3.8) is 0 Å². The minimum Gasteiger partial charge on any atom is -0.399 e. The molecule has 0 heterocycles. The first-order chi connectivity index (χ1) is 9.28. The summed E-state index contributed by atoms with van der Waals surface area (Å²) in [7, 11) is 3.20. The van der Waals surface area contributed by atoms with Gasteiger partial charge in [0.2, 0.25) is 5.91 Å². The molecule has 3 N–H and O–H groups in total. The van der Waals surface area contributed by atoms with Gasteiger partial charge in [-0.15, -0.1) is 0 Å². The fraction of sp³-hybridized carbons (Fsp3) is 0.533. The number of carbonyl (C=O) groups is 1. The maximum Gasteiger partial charge on any atom is 0.232 e. The molecule has 0 aromatic heterocycles. The number of ether oxygens (including phenoxy) is 1. The van der Waals surface area contributed by atoms with Gasteiger partial charge in [-0.2, -0.15) is 0 Å². The summed E-state index contributed by atoms with van der Waals surface area (Å²) in [6, 6.07) is 7.27. The molecule has 0 saturated heterocycles. The van der Waals surface area contributed by atoms with Gasteiger partial charge in [0.25, 0.3) is 0 Å². The molecule has 0 aliphatic heterocycles. The molecule has 1 amide bonds. The number of methoxy groups -OCH3 is 1. The van der Waals surface area contributed by atoms with E-state index in [0.29, 0.717) is 5.69 Å². The van der Waals surface area contributed by atoms with E-state index in [0.717, 1.165) is 5.56 Å². The van der Waals surface area contributed by atoms with Crippen LogP contribution < -0.4 is 5.73 Å². The van der Waals surface area contributed by atoms with Gasteiger partial charge in [-0.1, -0.05) is 12.1 Å². The van der Waals surface area contributed by atoms with Crippen molar-refractivity contribution in [2.45, 2.75) is 25.4 Å². The Morgan fingerprint density at radius 2 is 1.95 bits per heavy atom. The van der Waals surface area contributed by atoms with Gasteiger partial charge in [-0.25, -0.2) is 0 Å². The molecule has 112 valence electrons. The van der Waals surface area contributed by atoms with Crippen molar-refractivity contribution in [2.75, 3.05) is 33.0 Å². The Kier molecular flexibility index (Phi) is 5.53. The van der Waals surface area contributed by atoms with Crippen LogP contribution in [-0.4, -0.2) is 49.3 Å². The van der Waals surface area contributed by atoms with Crippen molar-refractivity contribution in [2.24, 2.45) is 0 Å². The summed E-state index contributed by atoms with van der Waals surface area (Å²) in [5, 5.41) is 9.71.